The van der Waals surface area contributed by atoms with E-state index in [4.69, 9.17) is 9.15 Å². The van der Waals surface area contributed by atoms with Crippen molar-refractivity contribution in [2.45, 2.75) is 13.5 Å². The summed E-state index contributed by atoms with van der Waals surface area (Å²) in [7, 11) is 0. The molecule has 0 fully saturated rings. The number of halogens is 3. The first-order valence-corrected chi connectivity index (χ1v) is 12.0. The number of hydrogen-bond donors (Lipinski definition) is 1. The van der Waals surface area contributed by atoms with Gasteiger partial charge in [0.05, 0.1) is 10.7 Å². The number of hydrogen-bond acceptors (Lipinski definition) is 4. The number of nitrogens with zero attached hydrogens (tertiary/aromatic N) is 1. The molecule has 0 radical (unpaired) electrons. The first kappa shape index (κ1) is 22.8. The van der Waals surface area contributed by atoms with Crippen molar-refractivity contribution in [3.8, 4) is 5.75 Å². The van der Waals surface area contributed by atoms with Crippen LogP contribution in [0, 0.1) is 6.92 Å². The molecule has 0 unspecified atom stereocenters. The van der Waals surface area contributed by atoms with Gasteiger partial charge in [0.25, 0.3) is 0 Å². The summed E-state index contributed by atoms with van der Waals surface area (Å²) in [5.74, 6) is 0.378. The predicted molar refractivity (Wildman–Crippen MR) is 136 cm³/mol. The van der Waals surface area contributed by atoms with E-state index in [9.17, 15) is 4.79 Å². The lowest BCUT2D eigenvalue weighted by molar-refractivity contribution is 0.0929. The molecule has 0 saturated carbocycles. The summed E-state index contributed by atoms with van der Waals surface area (Å²) >= 11 is 10.3. The Labute approximate surface area is 210 Å². The summed E-state index contributed by atoms with van der Waals surface area (Å²) in [6.45, 7) is 2.48. The van der Waals surface area contributed by atoms with Crippen LogP contribution in [0.1, 0.15) is 27.2 Å². The standard InChI is InChI=1S/C24H17Br3N2O3/c1-14-2-4-15(5-3-14)13-31-21-7-6-18(25)9-17(21)12-28-29-24(30)22-10-16-8-19(26)11-20(27)23(16)32-22/h2-12H,13H2,1H3,(H,29,30)/b28-12-. The Kier molecular flexibility index (Phi) is 7.13. The largest absolute Gasteiger partial charge is 0.488 e. The van der Waals surface area contributed by atoms with Crippen molar-refractivity contribution >= 4 is 70.9 Å². The highest BCUT2D eigenvalue weighted by Crippen LogP contribution is 2.31. The minimum absolute atomic E-state index is 0.168. The number of benzene rings is 3. The van der Waals surface area contributed by atoms with Crippen molar-refractivity contribution in [1.29, 1.82) is 0 Å². The molecule has 0 aliphatic rings. The van der Waals surface area contributed by atoms with Gasteiger partial charge in [0, 0.05) is 19.9 Å². The summed E-state index contributed by atoms with van der Waals surface area (Å²) in [6, 6.07) is 19.2. The molecule has 1 heterocycles. The highest BCUT2D eigenvalue weighted by atomic mass is 79.9. The molecule has 32 heavy (non-hydrogen) atoms. The summed E-state index contributed by atoms with van der Waals surface area (Å²) in [5, 5.41) is 4.89. The maximum atomic E-state index is 12.5. The second-order valence-corrected chi connectivity index (χ2v) is 9.76. The number of amides is 1. The Hall–Kier alpha value is -2.42. The second kappa shape index (κ2) is 10.0. The van der Waals surface area contributed by atoms with Crippen LogP contribution in [0.3, 0.4) is 0 Å². The monoisotopic (exact) mass is 618 g/mol. The van der Waals surface area contributed by atoms with Crippen molar-refractivity contribution in [3.05, 3.63) is 96.5 Å². The molecule has 0 aliphatic heterocycles. The van der Waals surface area contributed by atoms with E-state index in [0.29, 0.717) is 17.9 Å². The zero-order chi connectivity index (χ0) is 22.7. The summed E-state index contributed by atoms with van der Waals surface area (Å²) in [6.07, 6.45) is 1.54. The first-order valence-electron chi connectivity index (χ1n) is 9.59. The van der Waals surface area contributed by atoms with E-state index in [1.54, 1.807) is 12.3 Å². The molecule has 4 rings (SSSR count). The van der Waals surface area contributed by atoms with Crippen LogP contribution >= 0.6 is 47.8 Å². The van der Waals surface area contributed by atoms with Gasteiger partial charge in [-0.1, -0.05) is 61.7 Å². The van der Waals surface area contributed by atoms with E-state index in [1.807, 2.05) is 61.5 Å². The molecule has 1 aromatic heterocycles. The number of carbonyl (C=O) groups is 1. The molecule has 8 heteroatoms. The van der Waals surface area contributed by atoms with Crippen LogP contribution in [0.15, 0.2) is 83.6 Å². The van der Waals surface area contributed by atoms with Crippen LogP contribution in [0.25, 0.3) is 11.0 Å². The minimum atomic E-state index is -0.447. The lowest BCUT2D eigenvalue weighted by Crippen LogP contribution is -2.16. The highest BCUT2D eigenvalue weighted by molar-refractivity contribution is 9.11. The third kappa shape index (κ3) is 5.49. The van der Waals surface area contributed by atoms with Gasteiger partial charge in [-0.3, -0.25) is 4.79 Å². The van der Waals surface area contributed by atoms with Crippen LogP contribution < -0.4 is 10.2 Å². The molecule has 0 aliphatic carbocycles. The van der Waals surface area contributed by atoms with E-state index in [-0.39, 0.29) is 5.76 Å². The number of ether oxygens (including phenoxy) is 1. The Bertz CT molecular complexity index is 1310. The average Bonchev–Trinajstić information content (AvgIpc) is 3.19. The van der Waals surface area contributed by atoms with Gasteiger partial charge in [0.1, 0.15) is 17.9 Å². The van der Waals surface area contributed by atoms with Crippen LogP contribution in [-0.2, 0) is 6.61 Å². The van der Waals surface area contributed by atoms with Gasteiger partial charge in [-0.15, -0.1) is 0 Å². The lowest BCUT2D eigenvalue weighted by atomic mass is 10.1. The molecular formula is C24H17Br3N2O3. The number of nitrogens with one attached hydrogen (secondary N) is 1. The Morgan fingerprint density at radius 1 is 1.03 bits per heavy atom. The molecule has 162 valence electrons. The van der Waals surface area contributed by atoms with E-state index in [1.165, 1.54) is 5.56 Å². The zero-order valence-electron chi connectivity index (χ0n) is 16.9. The predicted octanol–water partition coefficient (Wildman–Crippen LogP) is 7.37. The number of hydrazone groups is 1. The molecule has 1 amide bonds. The highest BCUT2D eigenvalue weighted by Gasteiger charge is 2.14. The topological polar surface area (TPSA) is 63.8 Å². The van der Waals surface area contributed by atoms with E-state index in [0.717, 1.165) is 29.9 Å². The Balaban J connectivity index is 1.47. The second-order valence-electron chi connectivity index (χ2n) is 7.07. The third-order valence-corrected chi connectivity index (χ3v) is 6.16. The zero-order valence-corrected chi connectivity index (χ0v) is 21.6. The fraction of sp³-hybridized carbons (Fsp3) is 0.0833. The first-order chi connectivity index (χ1) is 15.4. The quantitative estimate of drug-likeness (QED) is 0.181. The Morgan fingerprint density at radius 2 is 1.81 bits per heavy atom. The van der Waals surface area contributed by atoms with Gasteiger partial charge in [-0.25, -0.2) is 5.43 Å². The summed E-state index contributed by atoms with van der Waals surface area (Å²) in [4.78, 5) is 12.5. The number of carbonyl (C=O) groups excluding carboxylic acids is 1. The number of rotatable bonds is 6. The molecule has 0 saturated heterocycles. The van der Waals surface area contributed by atoms with Crippen molar-refractivity contribution in [1.82, 2.24) is 5.43 Å². The van der Waals surface area contributed by atoms with E-state index in [2.05, 4.69) is 58.3 Å². The molecule has 0 bridgehead atoms. The van der Waals surface area contributed by atoms with Gasteiger partial charge in [-0.05, 0) is 64.8 Å². The van der Waals surface area contributed by atoms with Crippen molar-refractivity contribution in [3.63, 3.8) is 0 Å². The van der Waals surface area contributed by atoms with Gasteiger partial charge in [0.2, 0.25) is 0 Å². The van der Waals surface area contributed by atoms with E-state index >= 15 is 0 Å². The van der Waals surface area contributed by atoms with Crippen molar-refractivity contribution < 1.29 is 13.9 Å². The van der Waals surface area contributed by atoms with Crippen LogP contribution in [0.4, 0.5) is 0 Å². The fourth-order valence-corrected chi connectivity index (χ4v) is 4.72. The van der Waals surface area contributed by atoms with Crippen molar-refractivity contribution in [2.75, 3.05) is 0 Å². The normalized spacial score (nSPS) is 11.2. The third-order valence-electron chi connectivity index (χ3n) is 4.62. The SMILES string of the molecule is Cc1ccc(COc2ccc(Br)cc2/C=N\NC(=O)c2cc3cc(Br)cc(Br)c3o2)cc1. The maximum Gasteiger partial charge on any atom is 0.307 e. The minimum Gasteiger partial charge on any atom is -0.488 e. The number of furan rings is 1. The van der Waals surface area contributed by atoms with Gasteiger partial charge in [0.15, 0.2) is 5.76 Å². The number of fused-ring (bicyclic) bond motifs is 1. The molecule has 5 nitrogen and oxygen atoms in total. The van der Waals surface area contributed by atoms with E-state index < -0.39 is 5.91 Å². The van der Waals surface area contributed by atoms with Gasteiger partial charge in [-0.2, -0.15) is 5.10 Å². The maximum absolute atomic E-state index is 12.5. The molecule has 0 spiro atoms. The van der Waals surface area contributed by atoms with Crippen LogP contribution in [0.5, 0.6) is 5.75 Å². The smallest absolute Gasteiger partial charge is 0.307 e. The molecule has 0 atom stereocenters. The average molecular weight is 621 g/mol. The van der Waals surface area contributed by atoms with Gasteiger partial charge < -0.3 is 9.15 Å². The van der Waals surface area contributed by atoms with Gasteiger partial charge >= 0.3 is 5.91 Å². The van der Waals surface area contributed by atoms with Crippen LogP contribution in [-0.4, -0.2) is 12.1 Å². The molecule has 3 aromatic carbocycles. The van der Waals surface area contributed by atoms with Crippen molar-refractivity contribution in [2.24, 2.45) is 5.10 Å². The lowest BCUT2D eigenvalue weighted by Gasteiger charge is -2.10. The summed E-state index contributed by atoms with van der Waals surface area (Å²) in [5.41, 5.74) is 6.10. The summed E-state index contributed by atoms with van der Waals surface area (Å²) < 4.78 is 14.2. The number of aryl methyl sites for hydroxylation is 1. The molecule has 1 N–H and O–H groups in total. The van der Waals surface area contributed by atoms with Crippen LogP contribution in [0.2, 0.25) is 0 Å². The Morgan fingerprint density at radius 3 is 2.59 bits per heavy atom. The molecule has 4 aromatic rings. The molecular weight excluding hydrogens is 604 g/mol. The fourth-order valence-electron chi connectivity index (χ4n) is 3.00.